The molecule has 0 radical (unpaired) electrons. The highest BCUT2D eigenvalue weighted by atomic mass is 16.2. The minimum atomic E-state index is -0.271. The van der Waals surface area contributed by atoms with Gasteiger partial charge >= 0.3 is 0 Å². The van der Waals surface area contributed by atoms with Crippen molar-refractivity contribution in [2.75, 3.05) is 32.7 Å². The fraction of sp³-hybridized carbons (Fsp3) is 0.300. The standard InChI is InChI=1S/C20H22N4O3/c25-18(15-22-19(26)16-6-2-1-3-7-16)23-10-5-11-24(13-12-23)20(27)17-8-4-9-21-14-17/h1-4,6-9,14H,5,10-13,15H2,(H,22,26). The molecule has 1 saturated heterocycles. The number of pyridine rings is 1. The normalized spacial score (nSPS) is 14.4. The zero-order chi connectivity index (χ0) is 19.1. The summed E-state index contributed by atoms with van der Waals surface area (Å²) in [7, 11) is 0. The molecule has 7 nitrogen and oxygen atoms in total. The van der Waals surface area contributed by atoms with Crippen LogP contribution in [0, 0.1) is 0 Å². The van der Waals surface area contributed by atoms with Gasteiger partial charge < -0.3 is 15.1 Å². The van der Waals surface area contributed by atoms with Crippen LogP contribution in [0.2, 0.25) is 0 Å². The number of nitrogens with one attached hydrogen (secondary N) is 1. The molecule has 0 bridgehead atoms. The molecular formula is C20H22N4O3. The molecule has 1 N–H and O–H groups in total. The summed E-state index contributed by atoms with van der Waals surface area (Å²) >= 11 is 0. The van der Waals surface area contributed by atoms with Crippen molar-refractivity contribution in [3.8, 4) is 0 Å². The summed E-state index contributed by atoms with van der Waals surface area (Å²) < 4.78 is 0. The summed E-state index contributed by atoms with van der Waals surface area (Å²) in [4.78, 5) is 44.4. The molecule has 0 atom stereocenters. The van der Waals surface area contributed by atoms with Gasteiger partial charge in [0.05, 0.1) is 12.1 Å². The number of hydrogen-bond donors (Lipinski definition) is 1. The Labute approximate surface area is 158 Å². The Morgan fingerprint density at radius 1 is 0.889 bits per heavy atom. The molecule has 3 amide bonds. The molecule has 1 aliphatic heterocycles. The number of amides is 3. The van der Waals surface area contributed by atoms with Gasteiger partial charge in [0.1, 0.15) is 0 Å². The van der Waals surface area contributed by atoms with E-state index < -0.39 is 0 Å². The van der Waals surface area contributed by atoms with Crippen molar-refractivity contribution >= 4 is 17.7 Å². The van der Waals surface area contributed by atoms with E-state index in [1.807, 2.05) is 6.07 Å². The maximum atomic E-state index is 12.5. The Morgan fingerprint density at radius 2 is 1.59 bits per heavy atom. The van der Waals surface area contributed by atoms with E-state index in [0.717, 1.165) is 0 Å². The molecule has 27 heavy (non-hydrogen) atoms. The first-order valence-corrected chi connectivity index (χ1v) is 8.95. The summed E-state index contributed by atoms with van der Waals surface area (Å²) in [5.74, 6) is -0.489. The molecule has 2 aromatic rings. The highest BCUT2D eigenvalue weighted by Crippen LogP contribution is 2.09. The van der Waals surface area contributed by atoms with Crippen LogP contribution in [0.15, 0.2) is 54.9 Å². The number of rotatable bonds is 4. The Hall–Kier alpha value is -3.22. The Morgan fingerprint density at radius 3 is 2.33 bits per heavy atom. The third kappa shape index (κ3) is 4.91. The second-order valence-corrected chi connectivity index (χ2v) is 6.32. The monoisotopic (exact) mass is 366 g/mol. The Balaban J connectivity index is 1.51. The molecule has 1 aliphatic rings. The average Bonchev–Trinajstić information content (AvgIpc) is 2.99. The topological polar surface area (TPSA) is 82.6 Å². The molecule has 1 aromatic carbocycles. The van der Waals surface area contributed by atoms with E-state index in [0.29, 0.717) is 43.7 Å². The van der Waals surface area contributed by atoms with Crippen LogP contribution in [-0.4, -0.2) is 65.2 Å². The summed E-state index contributed by atoms with van der Waals surface area (Å²) in [5, 5.41) is 2.66. The minimum Gasteiger partial charge on any atom is -0.343 e. The van der Waals surface area contributed by atoms with Crippen LogP contribution in [0.5, 0.6) is 0 Å². The quantitative estimate of drug-likeness (QED) is 0.881. The van der Waals surface area contributed by atoms with Crippen LogP contribution in [0.4, 0.5) is 0 Å². The van der Waals surface area contributed by atoms with Gasteiger partial charge in [0.15, 0.2) is 0 Å². The van der Waals surface area contributed by atoms with Crippen molar-refractivity contribution in [3.05, 3.63) is 66.0 Å². The molecule has 3 rings (SSSR count). The van der Waals surface area contributed by atoms with Gasteiger partial charge in [-0.1, -0.05) is 18.2 Å². The molecular weight excluding hydrogens is 344 g/mol. The lowest BCUT2D eigenvalue weighted by Crippen LogP contribution is -2.42. The molecule has 7 heteroatoms. The molecule has 1 fully saturated rings. The molecule has 140 valence electrons. The van der Waals surface area contributed by atoms with Crippen molar-refractivity contribution in [1.29, 1.82) is 0 Å². The highest BCUT2D eigenvalue weighted by Gasteiger charge is 2.23. The lowest BCUT2D eigenvalue weighted by atomic mass is 10.2. The van der Waals surface area contributed by atoms with E-state index in [9.17, 15) is 14.4 Å². The van der Waals surface area contributed by atoms with Crippen LogP contribution in [0.3, 0.4) is 0 Å². The lowest BCUT2D eigenvalue weighted by Gasteiger charge is -2.22. The van der Waals surface area contributed by atoms with E-state index in [2.05, 4.69) is 10.3 Å². The first kappa shape index (κ1) is 18.6. The molecule has 0 unspecified atom stereocenters. The van der Waals surface area contributed by atoms with Crippen LogP contribution < -0.4 is 5.32 Å². The van der Waals surface area contributed by atoms with Crippen LogP contribution >= 0.6 is 0 Å². The predicted octanol–water partition coefficient (Wildman–Crippen LogP) is 1.19. The second-order valence-electron chi connectivity index (χ2n) is 6.32. The lowest BCUT2D eigenvalue weighted by molar-refractivity contribution is -0.129. The number of hydrogen-bond acceptors (Lipinski definition) is 4. The van der Waals surface area contributed by atoms with Gasteiger partial charge in [-0.2, -0.15) is 0 Å². The van der Waals surface area contributed by atoms with Gasteiger partial charge in [0, 0.05) is 44.1 Å². The van der Waals surface area contributed by atoms with Gasteiger partial charge in [0.25, 0.3) is 11.8 Å². The Kier molecular flexibility index (Phi) is 6.14. The number of carbonyl (C=O) groups excluding carboxylic acids is 3. The van der Waals surface area contributed by atoms with Crippen LogP contribution in [0.1, 0.15) is 27.1 Å². The van der Waals surface area contributed by atoms with Crippen molar-refractivity contribution in [1.82, 2.24) is 20.1 Å². The van der Waals surface area contributed by atoms with E-state index in [1.54, 1.807) is 58.6 Å². The molecule has 0 spiro atoms. The smallest absolute Gasteiger partial charge is 0.255 e. The Bertz CT molecular complexity index is 795. The van der Waals surface area contributed by atoms with Crippen molar-refractivity contribution in [2.45, 2.75) is 6.42 Å². The van der Waals surface area contributed by atoms with E-state index in [4.69, 9.17) is 0 Å². The van der Waals surface area contributed by atoms with Gasteiger partial charge in [0.2, 0.25) is 5.91 Å². The molecule has 2 heterocycles. The maximum absolute atomic E-state index is 12.5. The van der Waals surface area contributed by atoms with E-state index >= 15 is 0 Å². The minimum absolute atomic E-state index is 0.0513. The zero-order valence-corrected chi connectivity index (χ0v) is 15.0. The predicted molar refractivity (Wildman–Crippen MR) is 100 cm³/mol. The van der Waals surface area contributed by atoms with Crippen molar-refractivity contribution in [2.24, 2.45) is 0 Å². The maximum Gasteiger partial charge on any atom is 0.255 e. The van der Waals surface area contributed by atoms with Crippen molar-refractivity contribution < 1.29 is 14.4 Å². The fourth-order valence-corrected chi connectivity index (χ4v) is 3.00. The first-order chi connectivity index (χ1) is 13.1. The average molecular weight is 366 g/mol. The van der Waals surface area contributed by atoms with Crippen LogP contribution in [-0.2, 0) is 4.79 Å². The largest absolute Gasteiger partial charge is 0.343 e. The number of carbonyl (C=O) groups is 3. The second kappa shape index (κ2) is 8.93. The van der Waals surface area contributed by atoms with Gasteiger partial charge in [-0.25, -0.2) is 0 Å². The van der Waals surface area contributed by atoms with Gasteiger partial charge in [-0.15, -0.1) is 0 Å². The first-order valence-electron chi connectivity index (χ1n) is 8.95. The summed E-state index contributed by atoms with van der Waals surface area (Å²) in [6.07, 6.45) is 3.88. The molecule has 0 saturated carbocycles. The third-order valence-electron chi connectivity index (χ3n) is 4.48. The molecule has 0 aliphatic carbocycles. The van der Waals surface area contributed by atoms with E-state index in [1.165, 1.54) is 0 Å². The molecule has 1 aromatic heterocycles. The third-order valence-corrected chi connectivity index (χ3v) is 4.48. The fourth-order valence-electron chi connectivity index (χ4n) is 3.00. The zero-order valence-electron chi connectivity index (χ0n) is 15.0. The number of benzene rings is 1. The van der Waals surface area contributed by atoms with Crippen molar-refractivity contribution in [3.63, 3.8) is 0 Å². The summed E-state index contributed by atoms with van der Waals surface area (Å²) in [5.41, 5.74) is 1.07. The highest BCUT2D eigenvalue weighted by molar-refractivity contribution is 5.96. The van der Waals surface area contributed by atoms with Crippen LogP contribution in [0.25, 0.3) is 0 Å². The number of nitrogens with zero attached hydrogens (tertiary/aromatic N) is 3. The van der Waals surface area contributed by atoms with E-state index in [-0.39, 0.29) is 24.3 Å². The summed E-state index contributed by atoms with van der Waals surface area (Å²) in [6, 6.07) is 12.3. The SMILES string of the molecule is O=C(NCC(=O)N1CCCN(C(=O)c2cccnc2)CC1)c1ccccc1. The number of aromatic nitrogens is 1. The summed E-state index contributed by atoms with van der Waals surface area (Å²) in [6.45, 7) is 2.02. The van der Waals surface area contributed by atoms with Gasteiger partial charge in [-0.3, -0.25) is 19.4 Å². The van der Waals surface area contributed by atoms with Gasteiger partial charge in [-0.05, 0) is 30.7 Å².